The van der Waals surface area contributed by atoms with E-state index in [9.17, 15) is 14.7 Å². The lowest BCUT2D eigenvalue weighted by atomic mass is 10.1. The average Bonchev–Trinajstić information content (AvgIpc) is 2.79. The standard InChI is InChI=1S/C17H12BrNO3/c1-10-15(17(21)22)12-7-3-5-9-14(12)19(10)16(20)11-6-2-4-8-13(11)18/h2-9H,1H3,(H,21,22). The van der Waals surface area contributed by atoms with Gasteiger partial charge in [-0.2, -0.15) is 0 Å². The largest absolute Gasteiger partial charge is 0.478 e. The van der Waals surface area contributed by atoms with Gasteiger partial charge in [0.05, 0.1) is 16.6 Å². The van der Waals surface area contributed by atoms with Crippen LogP contribution in [0, 0.1) is 6.92 Å². The van der Waals surface area contributed by atoms with Crippen LogP contribution in [0.25, 0.3) is 10.9 Å². The molecule has 1 aromatic heterocycles. The Morgan fingerprint density at radius 1 is 1.05 bits per heavy atom. The number of aromatic nitrogens is 1. The molecule has 1 N–H and O–H groups in total. The van der Waals surface area contributed by atoms with Gasteiger partial charge in [0.1, 0.15) is 0 Å². The summed E-state index contributed by atoms with van der Waals surface area (Å²) >= 11 is 3.37. The lowest BCUT2D eigenvalue weighted by Gasteiger charge is -2.08. The van der Waals surface area contributed by atoms with Gasteiger partial charge in [-0.15, -0.1) is 0 Å². The number of benzene rings is 2. The lowest BCUT2D eigenvalue weighted by molar-refractivity contribution is 0.0698. The number of fused-ring (bicyclic) bond motifs is 1. The third-order valence-corrected chi connectivity index (χ3v) is 4.32. The third-order valence-electron chi connectivity index (χ3n) is 3.63. The van der Waals surface area contributed by atoms with Crippen LogP contribution < -0.4 is 0 Å². The number of carbonyl (C=O) groups is 2. The minimum atomic E-state index is -1.03. The van der Waals surface area contributed by atoms with E-state index in [-0.39, 0.29) is 11.5 Å². The van der Waals surface area contributed by atoms with E-state index in [2.05, 4.69) is 15.9 Å². The van der Waals surface area contributed by atoms with Crippen molar-refractivity contribution in [3.05, 3.63) is 69.8 Å². The Bertz CT molecular complexity index is 911. The van der Waals surface area contributed by atoms with Crippen molar-refractivity contribution in [2.45, 2.75) is 6.92 Å². The van der Waals surface area contributed by atoms with E-state index in [0.717, 1.165) is 0 Å². The van der Waals surface area contributed by atoms with E-state index in [0.29, 0.717) is 26.6 Å². The Morgan fingerprint density at radius 2 is 1.68 bits per heavy atom. The highest BCUT2D eigenvalue weighted by atomic mass is 79.9. The summed E-state index contributed by atoms with van der Waals surface area (Å²) in [6.45, 7) is 1.65. The Labute approximate surface area is 135 Å². The van der Waals surface area contributed by atoms with Crippen molar-refractivity contribution in [2.24, 2.45) is 0 Å². The number of carboxylic acid groups (broad SMARTS) is 1. The first-order valence-electron chi connectivity index (χ1n) is 6.65. The highest BCUT2D eigenvalue weighted by Crippen LogP contribution is 2.28. The molecule has 2 aromatic carbocycles. The zero-order chi connectivity index (χ0) is 15.9. The summed E-state index contributed by atoms with van der Waals surface area (Å²) in [4.78, 5) is 24.4. The summed E-state index contributed by atoms with van der Waals surface area (Å²) in [6.07, 6.45) is 0. The van der Waals surface area contributed by atoms with E-state index in [1.807, 2.05) is 6.07 Å². The fourth-order valence-corrected chi connectivity index (χ4v) is 3.11. The molecule has 3 rings (SSSR count). The normalized spacial score (nSPS) is 10.8. The molecule has 0 aliphatic rings. The summed E-state index contributed by atoms with van der Waals surface area (Å²) in [5, 5.41) is 10.0. The zero-order valence-corrected chi connectivity index (χ0v) is 13.3. The first kappa shape index (κ1) is 14.5. The molecule has 3 aromatic rings. The number of hydrogen-bond acceptors (Lipinski definition) is 2. The van der Waals surface area contributed by atoms with Gasteiger partial charge in [-0.1, -0.05) is 30.3 Å². The molecule has 4 nitrogen and oxygen atoms in total. The number of aromatic carboxylic acids is 1. The topological polar surface area (TPSA) is 59.3 Å². The molecule has 0 radical (unpaired) electrons. The highest BCUT2D eigenvalue weighted by Gasteiger charge is 2.23. The van der Waals surface area contributed by atoms with Crippen LogP contribution in [0.3, 0.4) is 0 Å². The van der Waals surface area contributed by atoms with Crippen LogP contribution in [-0.2, 0) is 0 Å². The highest BCUT2D eigenvalue weighted by molar-refractivity contribution is 9.10. The molecule has 1 heterocycles. The predicted molar refractivity (Wildman–Crippen MR) is 87.5 cm³/mol. The van der Waals surface area contributed by atoms with Crippen molar-refractivity contribution in [2.75, 3.05) is 0 Å². The summed E-state index contributed by atoms with van der Waals surface area (Å²) < 4.78 is 2.13. The monoisotopic (exact) mass is 357 g/mol. The molecule has 0 atom stereocenters. The smallest absolute Gasteiger partial charge is 0.338 e. The number of nitrogens with zero attached hydrogens (tertiary/aromatic N) is 1. The predicted octanol–water partition coefficient (Wildman–Crippen LogP) is 4.10. The second-order valence-corrected chi connectivity index (χ2v) is 5.76. The molecule has 0 amide bonds. The molecule has 0 bridgehead atoms. The Morgan fingerprint density at radius 3 is 2.36 bits per heavy atom. The van der Waals surface area contributed by atoms with Gasteiger partial charge in [-0.05, 0) is 41.1 Å². The fourth-order valence-electron chi connectivity index (χ4n) is 2.65. The summed E-state index contributed by atoms with van der Waals surface area (Å²) in [5.41, 5.74) is 1.67. The van der Waals surface area contributed by atoms with Crippen LogP contribution in [0.5, 0.6) is 0 Å². The molecule has 0 unspecified atom stereocenters. The molecular weight excluding hydrogens is 346 g/mol. The second-order valence-electron chi connectivity index (χ2n) is 4.90. The maximum Gasteiger partial charge on any atom is 0.338 e. The Kier molecular flexibility index (Phi) is 3.58. The van der Waals surface area contributed by atoms with Crippen LogP contribution in [-0.4, -0.2) is 21.6 Å². The Balaban J connectivity index is 2.32. The number of halogens is 1. The maximum atomic E-state index is 12.9. The van der Waals surface area contributed by atoms with Crippen LogP contribution in [0.4, 0.5) is 0 Å². The maximum absolute atomic E-state index is 12.9. The van der Waals surface area contributed by atoms with Crippen LogP contribution in [0.2, 0.25) is 0 Å². The third kappa shape index (κ3) is 2.14. The molecule has 0 saturated carbocycles. The first-order chi connectivity index (χ1) is 10.5. The summed E-state index contributed by atoms with van der Waals surface area (Å²) in [5.74, 6) is -1.29. The molecule has 110 valence electrons. The van der Waals surface area contributed by atoms with Gasteiger partial charge < -0.3 is 5.11 Å². The molecule has 0 spiro atoms. The quantitative estimate of drug-likeness (QED) is 0.750. The van der Waals surface area contributed by atoms with Crippen molar-refractivity contribution in [1.29, 1.82) is 0 Å². The Hall–Kier alpha value is -2.40. The van der Waals surface area contributed by atoms with E-state index in [1.165, 1.54) is 4.57 Å². The minimum Gasteiger partial charge on any atom is -0.478 e. The molecule has 5 heteroatoms. The zero-order valence-electron chi connectivity index (χ0n) is 11.7. The molecule has 0 fully saturated rings. The number of carbonyl (C=O) groups excluding carboxylic acids is 1. The van der Waals surface area contributed by atoms with Gasteiger partial charge in [0.15, 0.2) is 0 Å². The molecule has 0 saturated heterocycles. The molecule has 22 heavy (non-hydrogen) atoms. The van der Waals surface area contributed by atoms with E-state index < -0.39 is 5.97 Å². The molecule has 0 aliphatic heterocycles. The van der Waals surface area contributed by atoms with Crippen molar-refractivity contribution >= 4 is 38.7 Å². The van der Waals surface area contributed by atoms with Gasteiger partial charge in [0.2, 0.25) is 0 Å². The summed E-state index contributed by atoms with van der Waals surface area (Å²) in [6, 6.07) is 14.1. The second kappa shape index (κ2) is 5.42. The number of para-hydroxylation sites is 1. The van der Waals surface area contributed by atoms with E-state index in [1.54, 1.807) is 49.4 Å². The average molecular weight is 358 g/mol. The molecular formula is C17H12BrNO3. The van der Waals surface area contributed by atoms with Crippen molar-refractivity contribution < 1.29 is 14.7 Å². The number of rotatable bonds is 2. The van der Waals surface area contributed by atoms with Crippen molar-refractivity contribution in [3.63, 3.8) is 0 Å². The SMILES string of the molecule is Cc1c(C(=O)O)c2ccccc2n1C(=O)c1ccccc1Br. The molecule has 0 aliphatic carbocycles. The van der Waals surface area contributed by atoms with Gasteiger partial charge in [-0.3, -0.25) is 9.36 Å². The van der Waals surface area contributed by atoms with E-state index in [4.69, 9.17) is 0 Å². The fraction of sp³-hybridized carbons (Fsp3) is 0.0588. The number of carboxylic acids is 1. The van der Waals surface area contributed by atoms with Gasteiger partial charge in [0, 0.05) is 15.6 Å². The van der Waals surface area contributed by atoms with Gasteiger partial charge in [0.25, 0.3) is 5.91 Å². The lowest BCUT2D eigenvalue weighted by Crippen LogP contribution is -2.14. The number of hydrogen-bond donors (Lipinski definition) is 1. The summed E-state index contributed by atoms with van der Waals surface area (Å²) in [7, 11) is 0. The van der Waals surface area contributed by atoms with Crippen LogP contribution in [0.15, 0.2) is 53.0 Å². The first-order valence-corrected chi connectivity index (χ1v) is 7.44. The van der Waals surface area contributed by atoms with Crippen molar-refractivity contribution in [1.82, 2.24) is 4.57 Å². The van der Waals surface area contributed by atoms with Crippen LogP contribution in [0.1, 0.15) is 26.4 Å². The van der Waals surface area contributed by atoms with Crippen LogP contribution >= 0.6 is 15.9 Å². The minimum absolute atomic E-state index is 0.163. The van der Waals surface area contributed by atoms with Gasteiger partial charge >= 0.3 is 5.97 Å². The van der Waals surface area contributed by atoms with Crippen molar-refractivity contribution in [3.8, 4) is 0 Å². The van der Waals surface area contributed by atoms with E-state index >= 15 is 0 Å². The van der Waals surface area contributed by atoms with Gasteiger partial charge in [-0.25, -0.2) is 4.79 Å².